The number of primary amides is 1. The summed E-state index contributed by atoms with van der Waals surface area (Å²) in [7, 11) is 0. The number of benzene rings is 1. The molecule has 0 saturated carbocycles. The van der Waals surface area contributed by atoms with Crippen molar-refractivity contribution >= 4 is 40.1 Å². The van der Waals surface area contributed by atoms with Crippen molar-refractivity contribution in [3.05, 3.63) is 45.1 Å². The van der Waals surface area contributed by atoms with Gasteiger partial charge in [-0.3, -0.25) is 14.6 Å². The van der Waals surface area contributed by atoms with Crippen LogP contribution in [0.5, 0.6) is 0 Å². The minimum atomic E-state index is -0.569. The molecule has 0 spiro atoms. The van der Waals surface area contributed by atoms with Crippen molar-refractivity contribution in [1.29, 1.82) is 0 Å². The summed E-state index contributed by atoms with van der Waals surface area (Å²) >= 11 is 1.19. The molecule has 1 aromatic carbocycles. The lowest BCUT2D eigenvalue weighted by molar-refractivity contribution is -0.118. The second-order valence-electron chi connectivity index (χ2n) is 5.97. The summed E-state index contributed by atoms with van der Waals surface area (Å²) < 4.78 is 0.680. The predicted molar refractivity (Wildman–Crippen MR) is 99.8 cm³/mol. The fourth-order valence-electron chi connectivity index (χ4n) is 3.24. The van der Waals surface area contributed by atoms with Crippen LogP contribution in [0.2, 0.25) is 0 Å². The maximum absolute atomic E-state index is 12.9. The minimum absolute atomic E-state index is 0.129. The molecule has 7 heteroatoms. The number of nitrogen functional groups attached to an aromatic ring is 1. The summed E-state index contributed by atoms with van der Waals surface area (Å²) in [5.74, 6) is -1.13. The molecule has 0 bridgehead atoms. The second kappa shape index (κ2) is 6.68. The van der Waals surface area contributed by atoms with Gasteiger partial charge in [0.2, 0.25) is 5.91 Å². The Labute approximate surface area is 149 Å². The Morgan fingerprint density at radius 1 is 1.28 bits per heavy atom. The highest BCUT2D eigenvalue weighted by Gasteiger charge is 2.33. The van der Waals surface area contributed by atoms with Gasteiger partial charge in [0.1, 0.15) is 9.55 Å². The first-order chi connectivity index (χ1) is 11.9. The van der Waals surface area contributed by atoms with Gasteiger partial charge in [0.05, 0.1) is 17.6 Å². The highest BCUT2D eigenvalue weighted by atomic mass is 32.1. The van der Waals surface area contributed by atoms with Crippen LogP contribution in [-0.4, -0.2) is 17.9 Å². The van der Waals surface area contributed by atoms with E-state index in [-0.39, 0.29) is 11.9 Å². The van der Waals surface area contributed by atoms with E-state index in [4.69, 9.17) is 11.5 Å². The van der Waals surface area contributed by atoms with Crippen LogP contribution in [0.3, 0.4) is 0 Å². The van der Waals surface area contributed by atoms with E-state index in [0.717, 1.165) is 11.3 Å². The van der Waals surface area contributed by atoms with Crippen LogP contribution in [0, 0.1) is 5.92 Å². The maximum Gasteiger partial charge on any atom is 0.260 e. The number of rotatable bonds is 4. The van der Waals surface area contributed by atoms with Crippen molar-refractivity contribution in [2.45, 2.75) is 26.3 Å². The van der Waals surface area contributed by atoms with Crippen LogP contribution in [0.1, 0.15) is 29.9 Å². The standard InChI is InChI=1S/C18H20N4O2S/c1-3-11-12(17(24)22-10-7-5-4-6-8-10)9(2)21-18-13(11)14(19)15(25-18)16(20)23/h4-9,12H,3,19H2,1-2H3,(H2,20,23)(H,22,24). The van der Waals surface area contributed by atoms with Crippen LogP contribution < -0.4 is 26.7 Å². The lowest BCUT2D eigenvalue weighted by Crippen LogP contribution is -2.42. The summed E-state index contributed by atoms with van der Waals surface area (Å²) in [4.78, 5) is 29.4. The molecule has 25 heavy (non-hydrogen) atoms. The fraction of sp³-hybridized carbons (Fsp3) is 0.278. The molecule has 1 aliphatic rings. The number of para-hydroxylation sites is 1. The molecule has 6 nitrogen and oxygen atoms in total. The first-order valence-electron chi connectivity index (χ1n) is 8.09. The molecule has 0 aliphatic carbocycles. The Hall–Kier alpha value is -2.67. The molecule has 2 unspecified atom stereocenters. The number of thiophene rings is 1. The number of nitrogens with zero attached hydrogens (tertiary/aromatic N) is 1. The third-order valence-corrected chi connectivity index (χ3v) is 5.48. The Balaban J connectivity index is 2.09. The average molecular weight is 356 g/mol. The largest absolute Gasteiger partial charge is 0.397 e. The molecule has 0 radical (unpaired) electrons. The van der Waals surface area contributed by atoms with E-state index in [1.165, 1.54) is 11.3 Å². The normalized spacial score (nSPS) is 19.0. The van der Waals surface area contributed by atoms with Gasteiger partial charge in [-0.15, -0.1) is 11.3 Å². The molecule has 2 aromatic rings. The Morgan fingerprint density at radius 2 is 1.96 bits per heavy atom. The smallest absolute Gasteiger partial charge is 0.260 e. The maximum atomic E-state index is 12.9. The summed E-state index contributed by atoms with van der Waals surface area (Å²) in [5.41, 5.74) is 13.5. The molecular formula is C18H20N4O2S. The van der Waals surface area contributed by atoms with Crippen LogP contribution in [-0.2, 0) is 4.79 Å². The molecule has 130 valence electrons. The summed E-state index contributed by atoms with van der Waals surface area (Å²) in [6, 6.07) is 9.05. The highest BCUT2D eigenvalue weighted by Crippen LogP contribution is 2.27. The zero-order valence-electron chi connectivity index (χ0n) is 14.1. The van der Waals surface area contributed by atoms with Crippen LogP contribution in [0.4, 0.5) is 11.4 Å². The third-order valence-electron chi connectivity index (χ3n) is 4.35. The van der Waals surface area contributed by atoms with Gasteiger partial charge in [-0.1, -0.05) is 25.1 Å². The number of fused-ring (bicyclic) bond motifs is 1. The van der Waals surface area contributed by atoms with Crippen molar-refractivity contribution < 1.29 is 9.59 Å². The van der Waals surface area contributed by atoms with Gasteiger partial charge < -0.3 is 16.8 Å². The van der Waals surface area contributed by atoms with E-state index < -0.39 is 11.8 Å². The number of hydrogen-bond acceptors (Lipinski definition) is 5. The summed E-state index contributed by atoms with van der Waals surface area (Å²) in [5, 5.41) is 3.64. The number of anilines is 2. The van der Waals surface area contributed by atoms with Crippen molar-refractivity contribution in [3.63, 3.8) is 0 Å². The summed E-state index contributed by atoms with van der Waals surface area (Å²) in [6.07, 6.45) is 0.638. The fourth-order valence-corrected chi connectivity index (χ4v) is 4.31. The third kappa shape index (κ3) is 3.02. The van der Waals surface area contributed by atoms with Gasteiger partial charge in [0.25, 0.3) is 5.91 Å². The van der Waals surface area contributed by atoms with Gasteiger partial charge in [0, 0.05) is 10.9 Å². The van der Waals surface area contributed by atoms with Gasteiger partial charge >= 0.3 is 0 Å². The van der Waals surface area contributed by atoms with E-state index in [0.29, 0.717) is 26.9 Å². The van der Waals surface area contributed by atoms with Crippen molar-refractivity contribution in [1.82, 2.24) is 0 Å². The van der Waals surface area contributed by atoms with Crippen LogP contribution in [0.15, 0.2) is 35.3 Å². The molecule has 5 N–H and O–H groups in total. The molecule has 3 rings (SSSR count). The van der Waals surface area contributed by atoms with Crippen LogP contribution >= 0.6 is 11.3 Å². The van der Waals surface area contributed by atoms with E-state index in [1.54, 1.807) is 0 Å². The van der Waals surface area contributed by atoms with Gasteiger partial charge in [-0.25, -0.2) is 0 Å². The zero-order valence-corrected chi connectivity index (χ0v) is 14.9. The first-order valence-corrected chi connectivity index (χ1v) is 8.90. The van der Waals surface area contributed by atoms with Crippen molar-refractivity contribution in [3.8, 4) is 0 Å². The summed E-state index contributed by atoms with van der Waals surface area (Å²) in [6.45, 7) is 3.87. The number of carbonyl (C=O) groups is 2. The van der Waals surface area contributed by atoms with E-state index in [1.807, 2.05) is 44.2 Å². The van der Waals surface area contributed by atoms with Gasteiger partial charge in [-0.2, -0.15) is 0 Å². The van der Waals surface area contributed by atoms with Crippen molar-refractivity contribution in [2.75, 3.05) is 11.1 Å². The monoisotopic (exact) mass is 356 g/mol. The number of nitrogens with one attached hydrogen (secondary N) is 1. The topological polar surface area (TPSA) is 111 Å². The first kappa shape index (κ1) is 17.2. The van der Waals surface area contributed by atoms with E-state index >= 15 is 0 Å². The van der Waals surface area contributed by atoms with E-state index in [9.17, 15) is 9.59 Å². The SMILES string of the molecule is CCC1=c2c(N)c(C(N)=O)sc2=NC(C)C1C(=O)Nc1ccccc1. The number of hydrogen-bond donors (Lipinski definition) is 3. The number of carbonyl (C=O) groups excluding carboxylic acids is 2. The predicted octanol–water partition coefficient (Wildman–Crippen LogP) is 1.27. The molecule has 2 atom stereocenters. The zero-order chi connectivity index (χ0) is 18.1. The lowest BCUT2D eigenvalue weighted by atomic mass is 9.86. The highest BCUT2D eigenvalue weighted by molar-refractivity contribution is 7.12. The average Bonchev–Trinajstić information content (AvgIpc) is 2.91. The molecule has 1 aromatic heterocycles. The molecule has 2 amide bonds. The molecule has 0 fully saturated rings. The molecular weight excluding hydrogens is 336 g/mol. The van der Waals surface area contributed by atoms with Crippen LogP contribution in [0.25, 0.3) is 5.57 Å². The Morgan fingerprint density at radius 3 is 2.56 bits per heavy atom. The van der Waals surface area contributed by atoms with Gasteiger partial charge in [-0.05, 0) is 31.1 Å². The second-order valence-corrected chi connectivity index (χ2v) is 6.97. The minimum Gasteiger partial charge on any atom is -0.397 e. The Bertz CT molecular complexity index is 949. The van der Waals surface area contributed by atoms with E-state index in [2.05, 4.69) is 10.3 Å². The number of amides is 2. The lowest BCUT2D eigenvalue weighted by Gasteiger charge is -2.25. The van der Waals surface area contributed by atoms with Crippen molar-refractivity contribution in [2.24, 2.45) is 16.6 Å². The molecule has 0 saturated heterocycles. The Kier molecular flexibility index (Phi) is 4.59. The quantitative estimate of drug-likeness (QED) is 0.767. The number of nitrogens with two attached hydrogens (primary N) is 2. The molecule has 1 aliphatic heterocycles. The van der Waals surface area contributed by atoms with Gasteiger partial charge in [0.15, 0.2) is 0 Å². The molecule has 2 heterocycles.